The van der Waals surface area contributed by atoms with E-state index in [-0.39, 0.29) is 11.9 Å². The highest BCUT2D eigenvalue weighted by Crippen LogP contribution is 2.33. The van der Waals surface area contributed by atoms with Crippen LogP contribution in [0.5, 0.6) is 0 Å². The molecule has 1 aliphatic rings. The molecule has 0 aromatic heterocycles. The van der Waals surface area contributed by atoms with Crippen molar-refractivity contribution in [2.24, 2.45) is 0 Å². The van der Waals surface area contributed by atoms with Gasteiger partial charge in [-0.15, -0.1) is 0 Å². The molecule has 0 amide bonds. The zero-order valence-electron chi connectivity index (χ0n) is 15.6. The summed E-state index contributed by atoms with van der Waals surface area (Å²) >= 11 is 0. The van der Waals surface area contributed by atoms with Gasteiger partial charge in [0.15, 0.2) is 0 Å². The summed E-state index contributed by atoms with van der Waals surface area (Å²) in [5, 5.41) is 3.55. The van der Waals surface area contributed by atoms with Crippen LogP contribution in [0, 0.1) is 5.82 Å². The van der Waals surface area contributed by atoms with E-state index in [2.05, 4.69) is 66.8 Å². The average Bonchev–Trinajstić information content (AvgIpc) is 2.86. The van der Waals surface area contributed by atoms with Crippen LogP contribution in [0.3, 0.4) is 0 Å². The van der Waals surface area contributed by atoms with Crippen LogP contribution in [0.4, 0.5) is 4.39 Å². The molecule has 0 fully saturated rings. The molecule has 136 valence electrons. The van der Waals surface area contributed by atoms with Crippen molar-refractivity contribution in [1.82, 2.24) is 5.32 Å². The summed E-state index contributed by atoms with van der Waals surface area (Å²) in [6, 6.07) is 24.3. The first-order valence-corrected chi connectivity index (χ1v) is 9.58. The average molecular weight is 357 g/mol. The third kappa shape index (κ3) is 3.86. The summed E-state index contributed by atoms with van der Waals surface area (Å²) < 4.78 is 13.1. The number of nitrogens with one attached hydrogen (secondary N) is 1. The lowest BCUT2D eigenvalue weighted by atomic mass is 9.94. The van der Waals surface area contributed by atoms with Crippen molar-refractivity contribution >= 4 is 5.57 Å². The maximum Gasteiger partial charge on any atom is 0.123 e. The number of halogens is 1. The first kappa shape index (κ1) is 17.7. The zero-order chi connectivity index (χ0) is 18.6. The molecule has 0 aliphatic heterocycles. The van der Waals surface area contributed by atoms with E-state index in [1.807, 2.05) is 12.1 Å². The van der Waals surface area contributed by atoms with Crippen LogP contribution >= 0.6 is 0 Å². The standard InChI is InChI=1S/C25H24FN/c1-18(19-12-14-22(26)15-13-19)27-17-16-25-23-8-4-2-6-20(23)10-11-21-7-3-5-9-24(21)25/h2-9,12-16,18,27H,10-11,17H2,1H3. The second-order valence-corrected chi connectivity index (χ2v) is 7.11. The number of fused-ring (bicyclic) bond motifs is 2. The summed E-state index contributed by atoms with van der Waals surface area (Å²) in [5.41, 5.74) is 7.88. The fourth-order valence-electron chi connectivity index (χ4n) is 3.84. The highest BCUT2D eigenvalue weighted by atomic mass is 19.1. The van der Waals surface area contributed by atoms with Gasteiger partial charge in [-0.1, -0.05) is 66.7 Å². The minimum Gasteiger partial charge on any atom is -0.307 e. The van der Waals surface area contributed by atoms with Crippen LogP contribution in [-0.4, -0.2) is 6.54 Å². The second-order valence-electron chi connectivity index (χ2n) is 7.11. The molecule has 1 unspecified atom stereocenters. The minimum atomic E-state index is -0.195. The Hall–Kier alpha value is -2.71. The van der Waals surface area contributed by atoms with Crippen molar-refractivity contribution in [3.8, 4) is 0 Å². The molecule has 1 nitrogen and oxygen atoms in total. The maximum atomic E-state index is 13.1. The van der Waals surface area contributed by atoms with Crippen LogP contribution < -0.4 is 5.32 Å². The van der Waals surface area contributed by atoms with Crippen molar-refractivity contribution in [3.63, 3.8) is 0 Å². The van der Waals surface area contributed by atoms with Gasteiger partial charge in [-0.3, -0.25) is 0 Å². The molecule has 1 aliphatic carbocycles. The Labute approximate surface area is 160 Å². The minimum absolute atomic E-state index is 0.165. The number of hydrogen-bond donors (Lipinski definition) is 1. The third-order valence-electron chi connectivity index (χ3n) is 5.38. The summed E-state index contributed by atoms with van der Waals surface area (Å²) in [4.78, 5) is 0. The van der Waals surface area contributed by atoms with Crippen LogP contribution in [-0.2, 0) is 12.8 Å². The van der Waals surface area contributed by atoms with Crippen molar-refractivity contribution in [1.29, 1.82) is 0 Å². The lowest BCUT2D eigenvalue weighted by molar-refractivity contribution is 0.606. The van der Waals surface area contributed by atoms with Gasteiger partial charge in [0.1, 0.15) is 5.82 Å². The Kier molecular flexibility index (Phi) is 5.17. The van der Waals surface area contributed by atoms with Crippen molar-refractivity contribution in [3.05, 3.63) is 113 Å². The molecule has 3 aromatic carbocycles. The van der Waals surface area contributed by atoms with E-state index in [1.54, 1.807) is 0 Å². The first-order valence-electron chi connectivity index (χ1n) is 9.58. The van der Waals surface area contributed by atoms with Gasteiger partial charge in [0.05, 0.1) is 0 Å². The van der Waals surface area contributed by atoms with Gasteiger partial charge in [-0.25, -0.2) is 4.39 Å². The molecular formula is C25H24FN. The molecule has 3 aromatic rings. The zero-order valence-corrected chi connectivity index (χ0v) is 15.6. The fourth-order valence-corrected chi connectivity index (χ4v) is 3.84. The fraction of sp³-hybridized carbons (Fsp3) is 0.200. The number of hydrogen-bond acceptors (Lipinski definition) is 1. The lowest BCUT2D eigenvalue weighted by Gasteiger charge is -2.15. The van der Waals surface area contributed by atoms with Gasteiger partial charge >= 0.3 is 0 Å². The van der Waals surface area contributed by atoms with E-state index >= 15 is 0 Å². The Bertz CT molecular complexity index is 907. The van der Waals surface area contributed by atoms with Crippen LogP contribution in [0.2, 0.25) is 0 Å². The molecule has 0 saturated carbocycles. The number of rotatable bonds is 4. The Morgan fingerprint density at radius 1 is 0.852 bits per heavy atom. The largest absolute Gasteiger partial charge is 0.307 e. The monoisotopic (exact) mass is 357 g/mol. The molecule has 0 radical (unpaired) electrons. The molecule has 0 spiro atoms. The molecule has 0 heterocycles. The topological polar surface area (TPSA) is 12.0 Å². The van der Waals surface area contributed by atoms with Crippen molar-refractivity contribution < 1.29 is 4.39 Å². The quantitative estimate of drug-likeness (QED) is 0.631. The Morgan fingerprint density at radius 3 is 2.00 bits per heavy atom. The van der Waals surface area contributed by atoms with Crippen molar-refractivity contribution in [2.45, 2.75) is 25.8 Å². The van der Waals surface area contributed by atoms with Gasteiger partial charge in [-0.2, -0.15) is 0 Å². The van der Waals surface area contributed by atoms with E-state index in [0.29, 0.717) is 0 Å². The highest BCUT2D eigenvalue weighted by molar-refractivity contribution is 5.84. The van der Waals surface area contributed by atoms with Gasteiger partial charge in [0.25, 0.3) is 0 Å². The molecule has 1 N–H and O–H groups in total. The lowest BCUT2D eigenvalue weighted by Crippen LogP contribution is -2.18. The van der Waals surface area contributed by atoms with Crippen LogP contribution in [0.15, 0.2) is 78.9 Å². The molecule has 2 heteroatoms. The predicted octanol–water partition coefficient (Wildman–Crippen LogP) is 5.71. The number of benzene rings is 3. The SMILES string of the molecule is CC(NCC=C1c2ccccc2CCc2ccccc21)c1ccc(F)cc1. The Morgan fingerprint density at radius 2 is 1.41 bits per heavy atom. The summed E-state index contributed by atoms with van der Waals surface area (Å²) in [5.74, 6) is -0.195. The van der Waals surface area contributed by atoms with E-state index in [4.69, 9.17) is 0 Å². The van der Waals surface area contributed by atoms with Gasteiger partial charge in [-0.05, 0) is 65.3 Å². The summed E-state index contributed by atoms with van der Waals surface area (Å²) in [6.45, 7) is 2.87. The van der Waals surface area contributed by atoms with E-state index in [9.17, 15) is 4.39 Å². The van der Waals surface area contributed by atoms with E-state index in [0.717, 1.165) is 24.9 Å². The second kappa shape index (κ2) is 7.89. The first-order chi connectivity index (χ1) is 13.2. The molecule has 0 bridgehead atoms. The van der Waals surface area contributed by atoms with Crippen molar-refractivity contribution in [2.75, 3.05) is 6.54 Å². The molecule has 4 rings (SSSR count). The molecular weight excluding hydrogens is 333 g/mol. The molecule has 0 saturated heterocycles. The van der Waals surface area contributed by atoms with Gasteiger partial charge < -0.3 is 5.32 Å². The number of aryl methyl sites for hydroxylation is 2. The predicted molar refractivity (Wildman–Crippen MR) is 110 cm³/mol. The summed E-state index contributed by atoms with van der Waals surface area (Å²) in [7, 11) is 0. The maximum absolute atomic E-state index is 13.1. The van der Waals surface area contributed by atoms with Crippen LogP contribution in [0.25, 0.3) is 5.57 Å². The molecule has 1 atom stereocenters. The highest BCUT2D eigenvalue weighted by Gasteiger charge is 2.17. The smallest absolute Gasteiger partial charge is 0.123 e. The van der Waals surface area contributed by atoms with E-state index < -0.39 is 0 Å². The normalized spacial score (nSPS) is 14.1. The van der Waals surface area contributed by atoms with Gasteiger partial charge in [0.2, 0.25) is 0 Å². The van der Waals surface area contributed by atoms with Gasteiger partial charge in [0, 0.05) is 12.6 Å². The third-order valence-corrected chi connectivity index (χ3v) is 5.38. The van der Waals surface area contributed by atoms with Crippen LogP contribution in [0.1, 0.15) is 40.8 Å². The summed E-state index contributed by atoms with van der Waals surface area (Å²) in [6.07, 6.45) is 4.44. The molecule has 27 heavy (non-hydrogen) atoms. The Balaban J connectivity index is 1.61. The van der Waals surface area contributed by atoms with E-state index in [1.165, 1.54) is 40.0 Å².